The molecule has 3 rings (SSSR count). The maximum Gasteiger partial charge on any atom is 0.343 e. The highest BCUT2D eigenvalue weighted by molar-refractivity contribution is 6.15. The second kappa shape index (κ2) is 17.8. The zero-order valence-electron chi connectivity index (χ0n) is 25.9. The number of hydrogen-bond donors (Lipinski definition) is 1. The molecule has 0 fully saturated rings. The lowest BCUT2D eigenvalue weighted by atomic mass is 10.0. The van der Waals surface area contributed by atoms with E-state index in [1.807, 2.05) is 0 Å². The van der Waals surface area contributed by atoms with Crippen molar-refractivity contribution in [1.82, 2.24) is 0 Å². The predicted molar refractivity (Wildman–Crippen MR) is 169 cm³/mol. The van der Waals surface area contributed by atoms with Crippen molar-refractivity contribution < 1.29 is 53.0 Å². The lowest BCUT2D eigenvalue weighted by Crippen LogP contribution is -2.10. The van der Waals surface area contributed by atoms with Gasteiger partial charge in [0.2, 0.25) is 5.75 Å². The molecule has 0 aliphatic carbocycles. The highest BCUT2D eigenvalue weighted by Crippen LogP contribution is 2.31. The Morgan fingerprint density at radius 1 is 0.804 bits per heavy atom. The average molecular weight is 633 g/mol. The smallest absolute Gasteiger partial charge is 0.343 e. The van der Waals surface area contributed by atoms with E-state index < -0.39 is 23.9 Å². The van der Waals surface area contributed by atoms with Gasteiger partial charge in [0.15, 0.2) is 5.75 Å². The fourth-order valence-corrected chi connectivity index (χ4v) is 4.27. The fraction of sp³-hybridized carbons (Fsp3) is 0.257. The Balaban J connectivity index is 1.43. The van der Waals surface area contributed by atoms with Crippen LogP contribution in [-0.4, -0.2) is 56.9 Å². The highest BCUT2D eigenvalue weighted by atomic mass is 17.2. The van der Waals surface area contributed by atoms with Crippen LogP contribution in [0, 0.1) is 0 Å². The van der Waals surface area contributed by atoms with Crippen LogP contribution in [-0.2, 0) is 30.4 Å². The second-order valence-electron chi connectivity index (χ2n) is 9.90. The number of carbonyl (C=O) groups is 4. The molecule has 0 radical (unpaired) electrons. The molecule has 0 atom stereocenters. The van der Waals surface area contributed by atoms with Crippen LogP contribution in [0.5, 0.6) is 17.2 Å². The van der Waals surface area contributed by atoms with E-state index in [9.17, 15) is 24.3 Å². The first-order valence-electron chi connectivity index (χ1n) is 14.4. The van der Waals surface area contributed by atoms with Crippen LogP contribution in [0.25, 0.3) is 11.6 Å². The van der Waals surface area contributed by atoms with E-state index >= 15 is 0 Å². The minimum absolute atomic E-state index is 0.0699. The summed E-state index contributed by atoms with van der Waals surface area (Å²) in [7, 11) is 4.03. The SMILES string of the molecule is C=C(C(=O)OC)c1ccc(OOCCCCCCc2ccc(OC(=O)c3ccc(/C=C/C(=O)OC)cc3)cc2C(=O)O)c(OC)c1. The molecule has 0 unspecified atom stereocenters. The van der Waals surface area contributed by atoms with Gasteiger partial charge in [-0.1, -0.05) is 43.7 Å². The molecular formula is C35H36O11. The standard InChI is InChI=1S/C35H36O11/c1-23(34(39)43-4)27-16-18-30(31(21-27)41-2)46-44-20-8-6-5-7-9-25-15-17-28(22-29(25)33(37)38)45-35(40)26-13-10-24(11-14-26)12-19-32(36)42-3/h10-19,21-22H,1,5-9,20H2,2-4H3,(H,37,38)/b19-12+. The Hall–Kier alpha value is -5.42. The molecule has 0 saturated heterocycles. The summed E-state index contributed by atoms with van der Waals surface area (Å²) in [6, 6.07) is 15.8. The first-order chi connectivity index (χ1) is 22.2. The number of carbonyl (C=O) groups excluding carboxylic acids is 3. The Bertz CT molecular complexity index is 1570. The van der Waals surface area contributed by atoms with Crippen molar-refractivity contribution in [3.05, 3.63) is 101 Å². The van der Waals surface area contributed by atoms with Crippen LogP contribution >= 0.6 is 0 Å². The van der Waals surface area contributed by atoms with Crippen LogP contribution in [0.4, 0.5) is 0 Å². The number of carboxylic acids is 1. The Morgan fingerprint density at radius 2 is 1.52 bits per heavy atom. The summed E-state index contributed by atoms with van der Waals surface area (Å²) in [5.41, 5.74) is 2.39. The van der Waals surface area contributed by atoms with Gasteiger partial charge in [0.25, 0.3) is 0 Å². The molecule has 3 aromatic rings. The fourth-order valence-electron chi connectivity index (χ4n) is 4.27. The number of rotatable bonds is 17. The molecule has 11 heteroatoms. The summed E-state index contributed by atoms with van der Waals surface area (Å²) >= 11 is 0. The molecule has 0 spiro atoms. The van der Waals surface area contributed by atoms with Crippen molar-refractivity contribution in [1.29, 1.82) is 0 Å². The van der Waals surface area contributed by atoms with Crippen molar-refractivity contribution in [3.8, 4) is 17.2 Å². The molecule has 242 valence electrons. The van der Waals surface area contributed by atoms with Gasteiger partial charge in [-0.3, -0.25) is 0 Å². The van der Waals surface area contributed by atoms with Crippen molar-refractivity contribution >= 4 is 35.5 Å². The molecule has 0 aliphatic heterocycles. The van der Waals surface area contributed by atoms with Gasteiger partial charge in [-0.2, -0.15) is 4.89 Å². The number of unbranched alkanes of at least 4 members (excludes halogenated alkanes) is 3. The third kappa shape index (κ3) is 10.3. The number of carboxylic acid groups (broad SMARTS) is 1. The Morgan fingerprint density at radius 3 is 2.20 bits per heavy atom. The lowest BCUT2D eigenvalue weighted by molar-refractivity contribution is -0.208. The van der Waals surface area contributed by atoms with Crippen LogP contribution in [0.15, 0.2) is 73.3 Å². The second-order valence-corrected chi connectivity index (χ2v) is 9.90. The molecule has 0 aromatic heterocycles. The van der Waals surface area contributed by atoms with E-state index in [-0.39, 0.29) is 22.4 Å². The van der Waals surface area contributed by atoms with Crippen LogP contribution < -0.4 is 14.4 Å². The molecule has 0 saturated carbocycles. The van der Waals surface area contributed by atoms with Crippen molar-refractivity contribution in [2.24, 2.45) is 0 Å². The highest BCUT2D eigenvalue weighted by Gasteiger charge is 2.16. The van der Waals surface area contributed by atoms with Gasteiger partial charge < -0.3 is 28.9 Å². The third-order valence-electron chi connectivity index (χ3n) is 6.80. The molecule has 1 N–H and O–H groups in total. The summed E-state index contributed by atoms with van der Waals surface area (Å²) < 4.78 is 20.0. The summed E-state index contributed by atoms with van der Waals surface area (Å²) in [6.45, 7) is 4.05. The molecule has 0 bridgehead atoms. The van der Waals surface area contributed by atoms with E-state index in [0.29, 0.717) is 47.6 Å². The van der Waals surface area contributed by atoms with E-state index in [1.165, 1.54) is 33.5 Å². The quantitative estimate of drug-likeness (QED) is 0.0460. The predicted octanol–water partition coefficient (Wildman–Crippen LogP) is 6.10. The molecule has 3 aromatic carbocycles. The van der Waals surface area contributed by atoms with E-state index in [1.54, 1.807) is 60.7 Å². The van der Waals surface area contributed by atoms with Gasteiger partial charge in [0.05, 0.1) is 44.6 Å². The largest absolute Gasteiger partial charge is 0.493 e. The summed E-state index contributed by atoms with van der Waals surface area (Å²) in [4.78, 5) is 58.2. The van der Waals surface area contributed by atoms with Crippen molar-refractivity contribution in [3.63, 3.8) is 0 Å². The molecular weight excluding hydrogens is 596 g/mol. The number of hydrogen-bond acceptors (Lipinski definition) is 10. The van der Waals surface area contributed by atoms with E-state index in [0.717, 1.165) is 19.3 Å². The first-order valence-corrected chi connectivity index (χ1v) is 14.4. The minimum Gasteiger partial charge on any atom is -0.493 e. The molecule has 11 nitrogen and oxygen atoms in total. The maximum atomic E-state index is 12.6. The number of ether oxygens (including phenoxy) is 4. The molecule has 0 aliphatic rings. The number of aromatic carboxylic acids is 1. The maximum absolute atomic E-state index is 12.6. The number of methoxy groups -OCH3 is 3. The van der Waals surface area contributed by atoms with Crippen LogP contribution in [0.1, 0.15) is 63.1 Å². The van der Waals surface area contributed by atoms with Gasteiger partial charge in [0, 0.05) is 6.08 Å². The zero-order chi connectivity index (χ0) is 33.5. The first kappa shape index (κ1) is 35.1. The number of esters is 3. The number of benzene rings is 3. The molecule has 46 heavy (non-hydrogen) atoms. The van der Waals surface area contributed by atoms with Crippen molar-refractivity contribution in [2.75, 3.05) is 27.9 Å². The van der Waals surface area contributed by atoms with Crippen LogP contribution in [0.3, 0.4) is 0 Å². The summed E-state index contributed by atoms with van der Waals surface area (Å²) in [5, 5.41) is 9.74. The van der Waals surface area contributed by atoms with Gasteiger partial charge in [-0.15, -0.1) is 0 Å². The zero-order valence-corrected chi connectivity index (χ0v) is 25.9. The van der Waals surface area contributed by atoms with Gasteiger partial charge in [-0.25, -0.2) is 19.2 Å². The number of aryl methyl sites for hydroxylation is 1. The average Bonchev–Trinajstić information content (AvgIpc) is 3.08. The topological polar surface area (TPSA) is 144 Å². The molecule has 0 amide bonds. The van der Waals surface area contributed by atoms with Gasteiger partial charge in [-0.05, 0) is 78.4 Å². The van der Waals surface area contributed by atoms with Gasteiger partial charge in [0.1, 0.15) is 5.75 Å². The van der Waals surface area contributed by atoms with Gasteiger partial charge >= 0.3 is 23.9 Å². The van der Waals surface area contributed by atoms with E-state index in [2.05, 4.69) is 16.1 Å². The van der Waals surface area contributed by atoms with Crippen LogP contribution in [0.2, 0.25) is 0 Å². The Labute approximate surface area is 266 Å². The van der Waals surface area contributed by atoms with E-state index in [4.69, 9.17) is 19.2 Å². The lowest BCUT2D eigenvalue weighted by Gasteiger charge is -2.12. The molecule has 0 heterocycles. The minimum atomic E-state index is -1.11. The Kier molecular flexibility index (Phi) is 13.5. The summed E-state index contributed by atoms with van der Waals surface area (Å²) in [5.74, 6) is -1.95. The van der Waals surface area contributed by atoms with Crippen molar-refractivity contribution in [2.45, 2.75) is 32.1 Å². The normalized spacial score (nSPS) is 10.7. The monoisotopic (exact) mass is 632 g/mol. The summed E-state index contributed by atoms with van der Waals surface area (Å²) in [6.07, 6.45) is 6.47. The third-order valence-corrected chi connectivity index (χ3v) is 6.80.